The molecule has 0 aliphatic carbocycles. The molecule has 1 unspecified atom stereocenters. The highest BCUT2D eigenvalue weighted by atomic mass is 79.9. The summed E-state index contributed by atoms with van der Waals surface area (Å²) in [5, 5.41) is 2.66. The van der Waals surface area contributed by atoms with Gasteiger partial charge in [-0.1, -0.05) is 28.1 Å². The highest BCUT2D eigenvalue weighted by molar-refractivity contribution is 9.10. The van der Waals surface area contributed by atoms with E-state index in [0.717, 1.165) is 11.3 Å². The molecule has 5 nitrogen and oxygen atoms in total. The van der Waals surface area contributed by atoms with Crippen LogP contribution in [0.3, 0.4) is 0 Å². The predicted octanol–water partition coefficient (Wildman–Crippen LogP) is 1.29. The summed E-state index contributed by atoms with van der Waals surface area (Å²) < 4.78 is 9.57. The van der Waals surface area contributed by atoms with Gasteiger partial charge in [0, 0.05) is 6.54 Å². The lowest BCUT2D eigenvalue weighted by Gasteiger charge is -2.09. The molecule has 1 atom stereocenters. The summed E-state index contributed by atoms with van der Waals surface area (Å²) in [4.78, 5) is 22.3. The fourth-order valence-electron chi connectivity index (χ4n) is 1.41. The lowest BCUT2D eigenvalue weighted by molar-refractivity contribution is -0.139. The van der Waals surface area contributed by atoms with Gasteiger partial charge in [-0.15, -0.1) is 0 Å². The van der Waals surface area contributed by atoms with Gasteiger partial charge >= 0.3 is 5.97 Å². The van der Waals surface area contributed by atoms with Crippen LogP contribution >= 0.6 is 15.9 Å². The van der Waals surface area contributed by atoms with Crippen molar-refractivity contribution in [2.45, 2.75) is 11.2 Å². The van der Waals surface area contributed by atoms with E-state index in [1.807, 2.05) is 12.1 Å². The largest absolute Gasteiger partial charge is 0.497 e. The Labute approximate surface area is 120 Å². The average Bonchev–Trinajstić information content (AvgIpc) is 2.44. The molecule has 0 aliphatic heterocycles. The van der Waals surface area contributed by atoms with E-state index >= 15 is 0 Å². The minimum Gasteiger partial charge on any atom is -0.497 e. The van der Waals surface area contributed by atoms with Crippen LogP contribution in [-0.2, 0) is 20.7 Å². The highest BCUT2D eigenvalue weighted by Gasteiger charge is 2.15. The first-order chi connectivity index (χ1) is 9.06. The number of carbonyl (C=O) groups is 2. The van der Waals surface area contributed by atoms with E-state index in [4.69, 9.17) is 4.74 Å². The zero-order valence-corrected chi connectivity index (χ0v) is 12.4. The van der Waals surface area contributed by atoms with Crippen molar-refractivity contribution in [3.63, 3.8) is 0 Å². The third kappa shape index (κ3) is 5.30. The number of ether oxygens (including phenoxy) is 2. The Morgan fingerprint density at radius 1 is 1.26 bits per heavy atom. The van der Waals surface area contributed by atoms with Gasteiger partial charge in [0.1, 0.15) is 10.6 Å². The summed E-state index contributed by atoms with van der Waals surface area (Å²) in [5.41, 5.74) is 0.877. The maximum Gasteiger partial charge on any atom is 0.321 e. The lowest BCUT2D eigenvalue weighted by Crippen LogP contribution is -2.34. The topological polar surface area (TPSA) is 64.6 Å². The van der Waals surface area contributed by atoms with Crippen LogP contribution in [0.4, 0.5) is 0 Å². The number of alkyl halides is 1. The molecule has 0 spiro atoms. The standard InChI is InChI=1S/C13H16BrNO4/c1-18-10-5-3-9(4-6-10)7-12(16)15-8-11(14)13(17)19-2/h3-6,11H,7-8H2,1-2H3,(H,15,16). The van der Waals surface area contributed by atoms with E-state index in [2.05, 4.69) is 26.0 Å². The Morgan fingerprint density at radius 3 is 2.42 bits per heavy atom. The summed E-state index contributed by atoms with van der Waals surface area (Å²) in [7, 11) is 2.89. The molecule has 0 radical (unpaired) electrons. The van der Waals surface area contributed by atoms with Gasteiger partial charge in [0.15, 0.2) is 0 Å². The zero-order chi connectivity index (χ0) is 14.3. The van der Waals surface area contributed by atoms with Crippen molar-refractivity contribution in [2.24, 2.45) is 0 Å². The van der Waals surface area contributed by atoms with E-state index in [0.29, 0.717) is 0 Å². The van der Waals surface area contributed by atoms with Gasteiger partial charge < -0.3 is 14.8 Å². The van der Waals surface area contributed by atoms with Gasteiger partial charge in [-0.25, -0.2) is 0 Å². The van der Waals surface area contributed by atoms with Crippen LogP contribution in [0.2, 0.25) is 0 Å². The van der Waals surface area contributed by atoms with E-state index < -0.39 is 10.8 Å². The molecule has 0 fully saturated rings. The van der Waals surface area contributed by atoms with Crippen LogP contribution in [-0.4, -0.2) is 37.5 Å². The summed E-state index contributed by atoms with van der Waals surface area (Å²) >= 11 is 3.13. The molecule has 0 saturated carbocycles. The summed E-state index contributed by atoms with van der Waals surface area (Å²) in [6.45, 7) is 0.196. The Kier molecular flexibility index (Phi) is 6.35. The van der Waals surface area contributed by atoms with Crippen molar-refractivity contribution in [1.29, 1.82) is 0 Å². The van der Waals surface area contributed by atoms with E-state index in [-0.39, 0.29) is 18.9 Å². The predicted molar refractivity (Wildman–Crippen MR) is 74.4 cm³/mol. The molecular formula is C13H16BrNO4. The number of esters is 1. The maximum atomic E-state index is 11.7. The number of hydrogen-bond donors (Lipinski definition) is 1. The van der Waals surface area contributed by atoms with Crippen LogP contribution in [0.1, 0.15) is 5.56 Å². The molecule has 6 heteroatoms. The number of benzene rings is 1. The third-order valence-electron chi connectivity index (χ3n) is 2.46. The van der Waals surface area contributed by atoms with Crippen LogP contribution in [0.5, 0.6) is 5.75 Å². The van der Waals surface area contributed by atoms with E-state index in [1.54, 1.807) is 19.2 Å². The molecule has 1 aromatic rings. The Hall–Kier alpha value is -1.56. The molecule has 0 saturated heterocycles. The second-order valence-electron chi connectivity index (χ2n) is 3.82. The first kappa shape index (κ1) is 15.5. The molecule has 0 aromatic heterocycles. The van der Waals surface area contributed by atoms with Crippen molar-refractivity contribution in [3.8, 4) is 5.75 Å². The minimum absolute atomic E-state index is 0.154. The molecule has 0 heterocycles. The second-order valence-corrected chi connectivity index (χ2v) is 4.92. The molecule has 1 rings (SSSR count). The Balaban J connectivity index is 2.40. The van der Waals surface area contributed by atoms with Crippen LogP contribution < -0.4 is 10.1 Å². The Bertz CT molecular complexity index is 433. The first-order valence-corrected chi connectivity index (χ1v) is 6.60. The fraction of sp³-hybridized carbons (Fsp3) is 0.385. The number of amides is 1. The van der Waals surface area contributed by atoms with Gasteiger partial charge in [0.2, 0.25) is 5.91 Å². The van der Waals surface area contributed by atoms with Crippen molar-refractivity contribution in [2.75, 3.05) is 20.8 Å². The van der Waals surface area contributed by atoms with Crippen LogP contribution in [0.25, 0.3) is 0 Å². The second kappa shape index (κ2) is 7.78. The van der Waals surface area contributed by atoms with Crippen LogP contribution in [0.15, 0.2) is 24.3 Å². The van der Waals surface area contributed by atoms with Crippen molar-refractivity contribution in [3.05, 3.63) is 29.8 Å². The number of nitrogens with one attached hydrogen (secondary N) is 1. The number of hydrogen-bond acceptors (Lipinski definition) is 4. The highest BCUT2D eigenvalue weighted by Crippen LogP contribution is 2.11. The molecular weight excluding hydrogens is 314 g/mol. The average molecular weight is 330 g/mol. The molecule has 104 valence electrons. The van der Waals surface area contributed by atoms with Gasteiger partial charge in [0.05, 0.1) is 20.6 Å². The quantitative estimate of drug-likeness (QED) is 0.631. The third-order valence-corrected chi connectivity index (χ3v) is 3.16. The Morgan fingerprint density at radius 2 is 1.89 bits per heavy atom. The van der Waals surface area contributed by atoms with Gasteiger partial charge in [-0.3, -0.25) is 9.59 Å². The van der Waals surface area contributed by atoms with Gasteiger partial charge in [-0.05, 0) is 17.7 Å². The first-order valence-electron chi connectivity index (χ1n) is 5.68. The van der Waals surface area contributed by atoms with Gasteiger partial charge in [0.25, 0.3) is 0 Å². The number of halogens is 1. The normalized spacial score (nSPS) is 11.5. The number of methoxy groups -OCH3 is 2. The van der Waals surface area contributed by atoms with E-state index in [1.165, 1.54) is 7.11 Å². The SMILES string of the molecule is COC(=O)C(Br)CNC(=O)Cc1ccc(OC)cc1. The molecule has 1 aromatic carbocycles. The lowest BCUT2D eigenvalue weighted by atomic mass is 10.1. The van der Waals surface area contributed by atoms with Crippen LogP contribution in [0, 0.1) is 0 Å². The fourth-order valence-corrected chi connectivity index (χ4v) is 1.75. The van der Waals surface area contributed by atoms with Crippen molar-refractivity contribution >= 4 is 27.8 Å². The minimum atomic E-state index is -0.530. The summed E-state index contributed by atoms with van der Waals surface area (Å²) in [5.74, 6) is 0.179. The molecule has 1 amide bonds. The molecule has 0 bridgehead atoms. The zero-order valence-electron chi connectivity index (χ0n) is 10.8. The molecule has 1 N–H and O–H groups in total. The van der Waals surface area contributed by atoms with E-state index in [9.17, 15) is 9.59 Å². The molecule has 0 aliphatic rings. The summed E-state index contributed by atoms with van der Waals surface area (Å²) in [6, 6.07) is 7.24. The summed E-state index contributed by atoms with van der Waals surface area (Å²) in [6.07, 6.45) is 0.255. The smallest absolute Gasteiger partial charge is 0.321 e. The number of rotatable bonds is 6. The van der Waals surface area contributed by atoms with Gasteiger partial charge in [-0.2, -0.15) is 0 Å². The maximum absolute atomic E-state index is 11.7. The van der Waals surface area contributed by atoms with Crippen molar-refractivity contribution in [1.82, 2.24) is 5.32 Å². The molecule has 19 heavy (non-hydrogen) atoms. The number of carbonyl (C=O) groups excluding carboxylic acids is 2. The monoisotopic (exact) mass is 329 g/mol. The van der Waals surface area contributed by atoms with Crippen molar-refractivity contribution < 1.29 is 19.1 Å².